The van der Waals surface area contributed by atoms with E-state index in [9.17, 15) is 14.9 Å². The molecule has 0 fully saturated rings. The van der Waals surface area contributed by atoms with Crippen molar-refractivity contribution in [2.45, 2.75) is 19.8 Å². The van der Waals surface area contributed by atoms with E-state index in [1.807, 2.05) is 12.1 Å². The first-order valence-corrected chi connectivity index (χ1v) is 8.13. The maximum atomic E-state index is 12.0. The number of carbonyl (C=O) groups excluding carboxylic acids is 1. The molecule has 0 spiro atoms. The van der Waals surface area contributed by atoms with Gasteiger partial charge in [-0.3, -0.25) is 14.9 Å². The number of anilines is 1. The average Bonchev–Trinajstić information content (AvgIpc) is 2.53. The number of amides is 1. The fraction of sp³-hybridized carbons (Fsp3) is 0.235. The van der Waals surface area contributed by atoms with Gasteiger partial charge in [0.2, 0.25) is 0 Å². The van der Waals surface area contributed by atoms with E-state index < -0.39 is 10.8 Å². The summed E-state index contributed by atoms with van der Waals surface area (Å²) in [7, 11) is 0. The summed E-state index contributed by atoms with van der Waals surface area (Å²) in [5.41, 5.74) is 1.14. The van der Waals surface area contributed by atoms with E-state index in [-0.39, 0.29) is 18.0 Å². The zero-order valence-corrected chi connectivity index (χ0v) is 14.9. The lowest BCUT2D eigenvalue weighted by atomic mass is 10.0. The van der Waals surface area contributed by atoms with Crippen LogP contribution in [0, 0.1) is 10.1 Å². The molecule has 24 heavy (non-hydrogen) atoms. The minimum Gasteiger partial charge on any atom is -0.483 e. The van der Waals surface area contributed by atoms with Crippen molar-refractivity contribution in [1.29, 1.82) is 0 Å². The first kappa shape index (κ1) is 17.9. The summed E-state index contributed by atoms with van der Waals surface area (Å²) in [6.07, 6.45) is 0. The lowest BCUT2D eigenvalue weighted by Crippen LogP contribution is -2.20. The molecule has 2 aromatic carbocycles. The normalized spacial score (nSPS) is 10.5. The molecular formula is C17H17BrN2O4. The fourth-order valence-corrected chi connectivity index (χ4v) is 2.57. The summed E-state index contributed by atoms with van der Waals surface area (Å²) in [6.45, 7) is 3.93. The molecule has 126 valence electrons. The Bertz CT molecular complexity index is 762. The highest BCUT2D eigenvalue weighted by Gasteiger charge is 2.15. The van der Waals surface area contributed by atoms with Gasteiger partial charge in [-0.2, -0.15) is 0 Å². The molecule has 0 aliphatic heterocycles. The molecule has 6 nitrogen and oxygen atoms in total. The van der Waals surface area contributed by atoms with Crippen molar-refractivity contribution in [3.8, 4) is 5.75 Å². The van der Waals surface area contributed by atoms with Gasteiger partial charge in [0.15, 0.2) is 6.61 Å². The van der Waals surface area contributed by atoms with Gasteiger partial charge in [-0.1, -0.05) is 32.0 Å². The predicted octanol–water partition coefficient (Wildman–Crippen LogP) is 4.50. The van der Waals surface area contributed by atoms with Gasteiger partial charge in [-0.05, 0) is 45.6 Å². The molecule has 0 aromatic heterocycles. The Morgan fingerprint density at radius 2 is 2.00 bits per heavy atom. The van der Waals surface area contributed by atoms with Gasteiger partial charge in [0, 0.05) is 6.07 Å². The first-order valence-electron chi connectivity index (χ1n) is 7.34. The van der Waals surface area contributed by atoms with Crippen molar-refractivity contribution < 1.29 is 14.5 Å². The highest BCUT2D eigenvalue weighted by Crippen LogP contribution is 2.29. The highest BCUT2D eigenvalue weighted by molar-refractivity contribution is 9.10. The van der Waals surface area contributed by atoms with E-state index in [0.29, 0.717) is 11.7 Å². The van der Waals surface area contributed by atoms with Crippen molar-refractivity contribution in [3.05, 3.63) is 62.6 Å². The van der Waals surface area contributed by atoms with E-state index in [1.54, 1.807) is 12.1 Å². The molecule has 0 radical (unpaired) electrons. The van der Waals surface area contributed by atoms with Gasteiger partial charge in [0.05, 0.1) is 9.40 Å². The van der Waals surface area contributed by atoms with Gasteiger partial charge >= 0.3 is 0 Å². The molecule has 0 saturated carbocycles. The van der Waals surface area contributed by atoms with Crippen molar-refractivity contribution in [2.75, 3.05) is 11.9 Å². The monoisotopic (exact) mass is 392 g/mol. The van der Waals surface area contributed by atoms with Crippen LogP contribution in [0.4, 0.5) is 11.4 Å². The quantitative estimate of drug-likeness (QED) is 0.579. The number of hydrogen-bond donors (Lipinski definition) is 1. The lowest BCUT2D eigenvalue weighted by Gasteiger charge is -2.11. The standard InChI is InChI=1S/C17H17BrN2O4/c1-11(2)12-7-8-16(13(18)9-12)24-10-17(21)19-14-5-3-4-6-15(14)20(22)23/h3-9,11H,10H2,1-2H3,(H,19,21). The topological polar surface area (TPSA) is 81.5 Å². The number of nitrogens with one attached hydrogen (secondary N) is 1. The van der Waals surface area contributed by atoms with Crippen molar-refractivity contribution >= 4 is 33.2 Å². The van der Waals surface area contributed by atoms with Crippen LogP contribution in [-0.2, 0) is 4.79 Å². The Hall–Kier alpha value is -2.41. The van der Waals surface area contributed by atoms with Crippen LogP contribution in [0.25, 0.3) is 0 Å². The minimum absolute atomic E-state index is 0.144. The summed E-state index contributed by atoms with van der Waals surface area (Å²) in [4.78, 5) is 22.4. The van der Waals surface area contributed by atoms with E-state index in [4.69, 9.17) is 4.74 Å². The number of nitro groups is 1. The zero-order valence-electron chi connectivity index (χ0n) is 13.3. The molecule has 0 saturated heterocycles. The van der Waals surface area contributed by atoms with Crippen LogP contribution in [0.2, 0.25) is 0 Å². The number of benzene rings is 2. The first-order chi connectivity index (χ1) is 11.4. The van der Waals surface area contributed by atoms with Crippen molar-refractivity contribution in [3.63, 3.8) is 0 Å². The van der Waals surface area contributed by atoms with E-state index in [2.05, 4.69) is 35.1 Å². The summed E-state index contributed by atoms with van der Waals surface area (Å²) in [5, 5.41) is 13.4. The Labute approximate surface area is 148 Å². The molecule has 0 heterocycles. The molecule has 1 amide bonds. The Kier molecular flexibility index (Phi) is 5.92. The van der Waals surface area contributed by atoms with Gasteiger partial charge in [0.1, 0.15) is 11.4 Å². The Morgan fingerprint density at radius 1 is 1.29 bits per heavy atom. The molecule has 0 atom stereocenters. The number of nitro benzene ring substituents is 1. The molecule has 0 unspecified atom stereocenters. The number of rotatable bonds is 6. The van der Waals surface area contributed by atoms with Crippen molar-refractivity contribution in [2.24, 2.45) is 0 Å². The van der Waals surface area contributed by atoms with Crippen LogP contribution >= 0.6 is 15.9 Å². The highest BCUT2D eigenvalue weighted by atomic mass is 79.9. The van der Waals surface area contributed by atoms with Crippen LogP contribution in [0.5, 0.6) is 5.75 Å². The van der Waals surface area contributed by atoms with Gasteiger partial charge in [-0.25, -0.2) is 0 Å². The zero-order chi connectivity index (χ0) is 17.7. The van der Waals surface area contributed by atoms with Crippen LogP contribution < -0.4 is 10.1 Å². The lowest BCUT2D eigenvalue weighted by molar-refractivity contribution is -0.383. The Morgan fingerprint density at radius 3 is 2.62 bits per heavy atom. The van der Waals surface area contributed by atoms with E-state index in [1.165, 1.54) is 18.2 Å². The van der Waals surface area contributed by atoms with Crippen LogP contribution in [0.1, 0.15) is 25.3 Å². The molecule has 2 rings (SSSR count). The maximum absolute atomic E-state index is 12.0. The summed E-state index contributed by atoms with van der Waals surface area (Å²) in [5.74, 6) is 0.457. The molecule has 2 aromatic rings. The summed E-state index contributed by atoms with van der Waals surface area (Å²) >= 11 is 3.42. The van der Waals surface area contributed by atoms with Crippen LogP contribution in [-0.4, -0.2) is 17.4 Å². The van der Waals surface area contributed by atoms with Crippen LogP contribution in [0.3, 0.4) is 0 Å². The number of ether oxygens (including phenoxy) is 1. The second-order valence-electron chi connectivity index (χ2n) is 5.46. The number of nitrogens with zero attached hydrogens (tertiary/aromatic N) is 1. The summed E-state index contributed by atoms with van der Waals surface area (Å²) in [6, 6.07) is 11.6. The molecule has 0 aliphatic carbocycles. The largest absolute Gasteiger partial charge is 0.483 e. The minimum atomic E-state index is -0.544. The maximum Gasteiger partial charge on any atom is 0.292 e. The van der Waals surface area contributed by atoms with Gasteiger partial charge in [-0.15, -0.1) is 0 Å². The molecular weight excluding hydrogens is 376 g/mol. The molecule has 0 bridgehead atoms. The fourth-order valence-electron chi connectivity index (χ4n) is 2.06. The smallest absolute Gasteiger partial charge is 0.292 e. The Balaban J connectivity index is 2.00. The van der Waals surface area contributed by atoms with Crippen LogP contribution in [0.15, 0.2) is 46.9 Å². The number of halogens is 1. The van der Waals surface area contributed by atoms with Gasteiger partial charge < -0.3 is 10.1 Å². The third-order valence-corrected chi connectivity index (χ3v) is 3.98. The molecule has 1 N–H and O–H groups in total. The van der Waals surface area contributed by atoms with Crippen molar-refractivity contribution in [1.82, 2.24) is 0 Å². The summed E-state index contributed by atoms with van der Waals surface area (Å²) < 4.78 is 6.23. The second kappa shape index (κ2) is 7.92. The SMILES string of the molecule is CC(C)c1ccc(OCC(=O)Nc2ccccc2[N+](=O)[O-])c(Br)c1. The molecule has 0 aliphatic rings. The number of para-hydroxylation sites is 2. The predicted molar refractivity (Wildman–Crippen MR) is 95.5 cm³/mol. The second-order valence-corrected chi connectivity index (χ2v) is 6.31. The van der Waals surface area contributed by atoms with Gasteiger partial charge in [0.25, 0.3) is 11.6 Å². The van der Waals surface area contributed by atoms with E-state index >= 15 is 0 Å². The average molecular weight is 393 g/mol. The molecule has 7 heteroatoms. The van der Waals surface area contributed by atoms with E-state index in [0.717, 1.165) is 10.0 Å². The third-order valence-electron chi connectivity index (χ3n) is 3.36. The number of hydrogen-bond acceptors (Lipinski definition) is 4. The third kappa shape index (κ3) is 4.55. The number of carbonyl (C=O) groups is 1.